The molecule has 0 aromatic heterocycles. The number of aromatic carboxylic acids is 1. The maximum Gasteiger partial charge on any atom is 0.335 e. The van der Waals surface area contributed by atoms with Crippen LogP contribution in [0.25, 0.3) is 0 Å². The summed E-state index contributed by atoms with van der Waals surface area (Å²) in [5.74, 6) is -0.230. The molecule has 1 saturated heterocycles. The normalized spacial score (nSPS) is 24.3. The van der Waals surface area contributed by atoms with Crippen LogP contribution >= 0.6 is 0 Å². The summed E-state index contributed by atoms with van der Waals surface area (Å²) in [6.45, 7) is 1.57. The first kappa shape index (κ1) is 17.7. The van der Waals surface area contributed by atoms with E-state index in [2.05, 4.69) is 5.32 Å². The average molecular weight is 346 g/mol. The third-order valence-electron chi connectivity index (χ3n) is 5.56. The standard InChI is InChI=1S/C19H26N2O4/c22-17-9-10-21(12-16(17)14-3-1-2-4-14)19(25)20-11-13-5-7-15(8-6-13)18(23)24/h5-8,14,16-17,22H,1-4,9-12H2,(H,20,25)(H,23,24)/t16-,17+/m0/s1. The van der Waals surface area contributed by atoms with Crippen molar-refractivity contribution in [2.45, 2.75) is 44.8 Å². The predicted octanol–water partition coefficient (Wildman–Crippen LogP) is 2.47. The molecule has 2 aliphatic rings. The number of benzene rings is 1. The Bertz CT molecular complexity index is 610. The zero-order valence-corrected chi connectivity index (χ0v) is 14.4. The number of urea groups is 1. The van der Waals surface area contributed by atoms with Crippen molar-refractivity contribution in [3.05, 3.63) is 35.4 Å². The molecule has 25 heavy (non-hydrogen) atoms. The number of hydrogen-bond donors (Lipinski definition) is 3. The monoisotopic (exact) mass is 346 g/mol. The van der Waals surface area contributed by atoms with Gasteiger partial charge in [0.05, 0.1) is 11.7 Å². The lowest BCUT2D eigenvalue weighted by Crippen LogP contribution is -2.51. The van der Waals surface area contributed by atoms with Gasteiger partial charge >= 0.3 is 12.0 Å². The molecule has 0 bridgehead atoms. The maximum absolute atomic E-state index is 12.5. The van der Waals surface area contributed by atoms with Gasteiger partial charge in [-0.15, -0.1) is 0 Å². The molecule has 1 aliphatic carbocycles. The molecular formula is C19H26N2O4. The summed E-state index contributed by atoms with van der Waals surface area (Å²) in [6, 6.07) is 6.39. The number of carboxylic acid groups (broad SMARTS) is 1. The summed E-state index contributed by atoms with van der Waals surface area (Å²) in [5.41, 5.74) is 1.10. The van der Waals surface area contributed by atoms with Gasteiger partial charge in [0.15, 0.2) is 0 Å². The van der Waals surface area contributed by atoms with Crippen molar-refractivity contribution < 1.29 is 19.8 Å². The molecule has 0 unspecified atom stereocenters. The lowest BCUT2D eigenvalue weighted by Gasteiger charge is -2.39. The van der Waals surface area contributed by atoms with Crippen LogP contribution < -0.4 is 5.32 Å². The molecule has 0 radical (unpaired) electrons. The van der Waals surface area contributed by atoms with E-state index in [9.17, 15) is 14.7 Å². The average Bonchev–Trinajstić information content (AvgIpc) is 3.15. The minimum Gasteiger partial charge on any atom is -0.478 e. The Kier molecular flexibility index (Phi) is 5.58. The van der Waals surface area contributed by atoms with Crippen LogP contribution in [0, 0.1) is 11.8 Å². The maximum atomic E-state index is 12.5. The Morgan fingerprint density at radius 1 is 1.12 bits per heavy atom. The Balaban J connectivity index is 1.52. The van der Waals surface area contributed by atoms with Crippen LogP contribution in [0.4, 0.5) is 4.79 Å². The van der Waals surface area contributed by atoms with Crippen LogP contribution in [0.3, 0.4) is 0 Å². The third-order valence-corrected chi connectivity index (χ3v) is 5.56. The smallest absolute Gasteiger partial charge is 0.335 e. The highest BCUT2D eigenvalue weighted by Crippen LogP contribution is 2.36. The van der Waals surface area contributed by atoms with Crippen molar-refractivity contribution >= 4 is 12.0 Å². The van der Waals surface area contributed by atoms with Gasteiger partial charge in [-0.05, 0) is 30.0 Å². The van der Waals surface area contributed by atoms with Gasteiger partial charge in [-0.3, -0.25) is 0 Å². The molecule has 2 amide bonds. The van der Waals surface area contributed by atoms with Crippen molar-refractivity contribution in [3.63, 3.8) is 0 Å². The molecule has 3 rings (SSSR count). The number of hydrogen-bond acceptors (Lipinski definition) is 3. The van der Waals surface area contributed by atoms with Crippen LogP contribution in [-0.4, -0.2) is 46.3 Å². The van der Waals surface area contributed by atoms with E-state index in [1.807, 2.05) is 0 Å². The molecule has 6 nitrogen and oxygen atoms in total. The highest BCUT2D eigenvalue weighted by molar-refractivity contribution is 5.87. The zero-order chi connectivity index (χ0) is 17.8. The molecular weight excluding hydrogens is 320 g/mol. The molecule has 1 aromatic carbocycles. The van der Waals surface area contributed by atoms with Crippen molar-refractivity contribution in [2.24, 2.45) is 11.8 Å². The largest absolute Gasteiger partial charge is 0.478 e. The molecule has 136 valence electrons. The Morgan fingerprint density at radius 3 is 2.44 bits per heavy atom. The summed E-state index contributed by atoms with van der Waals surface area (Å²) in [6.07, 6.45) is 5.12. The van der Waals surface area contributed by atoms with Crippen molar-refractivity contribution in [1.29, 1.82) is 0 Å². The van der Waals surface area contributed by atoms with E-state index in [-0.39, 0.29) is 23.6 Å². The van der Waals surface area contributed by atoms with Crippen LogP contribution in [0.15, 0.2) is 24.3 Å². The second-order valence-electron chi connectivity index (χ2n) is 7.17. The number of aliphatic hydroxyl groups excluding tert-OH is 1. The molecule has 1 heterocycles. The van der Waals surface area contributed by atoms with Crippen LogP contribution in [-0.2, 0) is 6.54 Å². The topological polar surface area (TPSA) is 89.9 Å². The van der Waals surface area contributed by atoms with Gasteiger partial charge in [0.1, 0.15) is 0 Å². The SMILES string of the molecule is O=C(O)c1ccc(CNC(=O)N2CC[C@@H](O)[C@H](C3CCCC3)C2)cc1. The first-order valence-electron chi connectivity index (χ1n) is 9.07. The van der Waals surface area contributed by atoms with Gasteiger partial charge in [0.2, 0.25) is 0 Å². The van der Waals surface area contributed by atoms with Gasteiger partial charge in [-0.1, -0.05) is 37.8 Å². The van der Waals surface area contributed by atoms with Crippen molar-refractivity contribution in [1.82, 2.24) is 10.2 Å². The number of nitrogens with one attached hydrogen (secondary N) is 1. The van der Waals surface area contributed by atoms with Gasteiger partial charge < -0.3 is 20.4 Å². The molecule has 6 heteroatoms. The molecule has 1 aliphatic heterocycles. The van der Waals surface area contributed by atoms with E-state index >= 15 is 0 Å². The summed E-state index contributed by atoms with van der Waals surface area (Å²) in [7, 11) is 0. The molecule has 1 saturated carbocycles. The predicted molar refractivity (Wildman–Crippen MR) is 93.3 cm³/mol. The molecule has 3 N–H and O–H groups in total. The third kappa shape index (κ3) is 4.31. The summed E-state index contributed by atoms with van der Waals surface area (Å²) in [5, 5.41) is 22.1. The number of carbonyl (C=O) groups excluding carboxylic acids is 1. The first-order valence-corrected chi connectivity index (χ1v) is 9.07. The number of rotatable bonds is 4. The second kappa shape index (κ2) is 7.87. The second-order valence-corrected chi connectivity index (χ2v) is 7.17. The molecule has 0 spiro atoms. The van der Waals surface area contributed by atoms with E-state index in [0.29, 0.717) is 32.0 Å². The highest BCUT2D eigenvalue weighted by Gasteiger charge is 2.36. The van der Waals surface area contributed by atoms with Crippen LogP contribution in [0.2, 0.25) is 0 Å². The van der Waals surface area contributed by atoms with Gasteiger partial charge in [0, 0.05) is 25.6 Å². The quantitative estimate of drug-likeness (QED) is 0.781. The van der Waals surface area contributed by atoms with Gasteiger partial charge in [-0.25, -0.2) is 9.59 Å². The highest BCUT2D eigenvalue weighted by atomic mass is 16.4. The van der Waals surface area contributed by atoms with Crippen molar-refractivity contribution in [2.75, 3.05) is 13.1 Å². The Hall–Kier alpha value is -2.08. The van der Waals surface area contributed by atoms with Crippen molar-refractivity contribution in [3.8, 4) is 0 Å². The fourth-order valence-electron chi connectivity index (χ4n) is 4.06. The van der Waals surface area contributed by atoms with E-state index in [4.69, 9.17) is 5.11 Å². The molecule has 2 atom stereocenters. The number of amides is 2. The summed E-state index contributed by atoms with van der Waals surface area (Å²) >= 11 is 0. The lowest BCUT2D eigenvalue weighted by atomic mass is 9.82. The summed E-state index contributed by atoms with van der Waals surface area (Å²) < 4.78 is 0. The van der Waals surface area contributed by atoms with Crippen LogP contribution in [0.1, 0.15) is 48.0 Å². The number of likely N-dealkylation sites (tertiary alicyclic amines) is 1. The summed E-state index contributed by atoms with van der Waals surface area (Å²) in [4.78, 5) is 25.1. The minimum atomic E-state index is -0.958. The Morgan fingerprint density at radius 2 is 1.80 bits per heavy atom. The van der Waals surface area contributed by atoms with Gasteiger partial charge in [-0.2, -0.15) is 0 Å². The van der Waals surface area contributed by atoms with E-state index in [1.165, 1.54) is 25.0 Å². The molecule has 2 fully saturated rings. The van der Waals surface area contributed by atoms with E-state index < -0.39 is 5.97 Å². The zero-order valence-electron chi connectivity index (χ0n) is 14.4. The van der Waals surface area contributed by atoms with Crippen LogP contribution in [0.5, 0.6) is 0 Å². The van der Waals surface area contributed by atoms with E-state index in [1.54, 1.807) is 17.0 Å². The number of carbonyl (C=O) groups is 2. The fraction of sp³-hybridized carbons (Fsp3) is 0.579. The Labute approximate surface area is 147 Å². The van der Waals surface area contributed by atoms with E-state index in [0.717, 1.165) is 18.4 Å². The first-order chi connectivity index (χ1) is 12.0. The van der Waals surface area contributed by atoms with Gasteiger partial charge in [0.25, 0.3) is 0 Å². The number of nitrogens with zero attached hydrogens (tertiary/aromatic N) is 1. The lowest BCUT2D eigenvalue weighted by molar-refractivity contribution is 0.0125. The number of aliphatic hydroxyl groups is 1. The number of piperidine rings is 1. The number of carboxylic acids is 1. The minimum absolute atomic E-state index is 0.114. The molecule has 1 aromatic rings. The fourth-order valence-corrected chi connectivity index (χ4v) is 4.06.